The predicted molar refractivity (Wildman–Crippen MR) is 53.2 cm³/mol. The van der Waals surface area contributed by atoms with Crippen LogP contribution in [0.3, 0.4) is 0 Å². The summed E-state index contributed by atoms with van der Waals surface area (Å²) in [5.41, 5.74) is 0. The van der Waals surface area contributed by atoms with Crippen LogP contribution in [0.4, 0.5) is 4.79 Å². The molecule has 1 aliphatic rings. The highest BCUT2D eigenvalue weighted by Crippen LogP contribution is 2.02. The van der Waals surface area contributed by atoms with Gasteiger partial charge in [-0.25, -0.2) is 4.79 Å². The second-order valence-electron chi connectivity index (χ2n) is 3.03. The second-order valence-corrected chi connectivity index (χ2v) is 3.03. The van der Waals surface area contributed by atoms with Crippen LogP contribution >= 0.6 is 0 Å². The lowest BCUT2D eigenvalue weighted by Crippen LogP contribution is -2.28. The smallest absolute Gasteiger partial charge is 0.414 e. The van der Waals surface area contributed by atoms with Crippen LogP contribution in [-0.4, -0.2) is 35.2 Å². The van der Waals surface area contributed by atoms with E-state index in [-0.39, 0.29) is 13.0 Å². The average Bonchev–Trinajstić information content (AvgIpc) is 2.25. The highest BCUT2D eigenvalue weighted by molar-refractivity contribution is 5.69. The molecule has 0 saturated carbocycles. The molecule has 0 aromatic carbocycles. The lowest BCUT2D eigenvalue weighted by molar-refractivity contribution is -0.137. The molecule has 1 N–H and O–H groups in total. The van der Waals surface area contributed by atoms with E-state index in [2.05, 4.69) is 0 Å². The zero-order valence-corrected chi connectivity index (χ0v) is 8.26. The van der Waals surface area contributed by atoms with E-state index in [1.807, 2.05) is 12.2 Å². The Balaban J connectivity index is 2.16. The normalized spacial score (nSPS) is 14.0. The van der Waals surface area contributed by atoms with Gasteiger partial charge in [0.2, 0.25) is 0 Å². The van der Waals surface area contributed by atoms with E-state index in [0.717, 1.165) is 0 Å². The summed E-state index contributed by atoms with van der Waals surface area (Å²) in [5.74, 6) is -0.883. The van der Waals surface area contributed by atoms with Crippen molar-refractivity contribution in [3.05, 3.63) is 24.4 Å². The van der Waals surface area contributed by atoms with Crippen molar-refractivity contribution in [2.24, 2.45) is 0 Å². The molecule has 1 rings (SSSR count). The lowest BCUT2D eigenvalue weighted by Gasteiger charge is -2.17. The first kappa shape index (κ1) is 11.3. The third kappa shape index (κ3) is 4.30. The molecule has 1 heterocycles. The third-order valence-electron chi connectivity index (χ3n) is 1.81. The van der Waals surface area contributed by atoms with Crippen molar-refractivity contribution < 1.29 is 19.4 Å². The Bertz CT molecular complexity index is 296. The van der Waals surface area contributed by atoms with Crippen LogP contribution in [0.2, 0.25) is 0 Å². The van der Waals surface area contributed by atoms with Crippen molar-refractivity contribution in [3.63, 3.8) is 0 Å². The molecule has 0 fully saturated rings. The van der Waals surface area contributed by atoms with E-state index < -0.39 is 12.1 Å². The first-order valence-corrected chi connectivity index (χ1v) is 4.68. The molecule has 0 bridgehead atoms. The summed E-state index contributed by atoms with van der Waals surface area (Å²) >= 11 is 0. The van der Waals surface area contributed by atoms with Crippen molar-refractivity contribution in [1.29, 1.82) is 0 Å². The number of allylic oxidation sites excluding steroid dienone is 2. The molecule has 0 aliphatic carbocycles. The Kier molecular flexibility index (Phi) is 4.40. The SMILES string of the molecule is O=C(O)CCCOC(=O)N1C=CC=CC1. The number of hydrogen-bond donors (Lipinski definition) is 1. The van der Waals surface area contributed by atoms with Crippen LogP contribution in [-0.2, 0) is 9.53 Å². The van der Waals surface area contributed by atoms with Gasteiger partial charge in [0, 0.05) is 19.2 Å². The molecule has 0 aromatic heterocycles. The third-order valence-corrected chi connectivity index (χ3v) is 1.81. The van der Waals surface area contributed by atoms with E-state index in [4.69, 9.17) is 9.84 Å². The molecule has 1 aliphatic heterocycles. The van der Waals surface area contributed by atoms with Crippen molar-refractivity contribution in [1.82, 2.24) is 4.90 Å². The van der Waals surface area contributed by atoms with Crippen LogP contribution in [0, 0.1) is 0 Å². The quantitative estimate of drug-likeness (QED) is 0.713. The molecule has 5 heteroatoms. The number of ether oxygens (including phenoxy) is 1. The van der Waals surface area contributed by atoms with Crippen LogP contribution in [0.1, 0.15) is 12.8 Å². The fourth-order valence-corrected chi connectivity index (χ4v) is 1.07. The Morgan fingerprint density at radius 2 is 2.20 bits per heavy atom. The fourth-order valence-electron chi connectivity index (χ4n) is 1.07. The van der Waals surface area contributed by atoms with Gasteiger partial charge in [-0.15, -0.1) is 0 Å². The molecule has 0 saturated heterocycles. The zero-order valence-electron chi connectivity index (χ0n) is 8.26. The summed E-state index contributed by atoms with van der Waals surface area (Å²) < 4.78 is 4.87. The second kappa shape index (κ2) is 5.85. The van der Waals surface area contributed by atoms with E-state index in [1.165, 1.54) is 4.90 Å². The molecule has 82 valence electrons. The highest BCUT2D eigenvalue weighted by atomic mass is 16.6. The van der Waals surface area contributed by atoms with E-state index in [9.17, 15) is 9.59 Å². The largest absolute Gasteiger partial charge is 0.481 e. The minimum Gasteiger partial charge on any atom is -0.481 e. The average molecular weight is 211 g/mol. The predicted octanol–water partition coefficient (Wildman–Crippen LogP) is 1.37. The molecule has 1 amide bonds. The Hall–Kier alpha value is -1.78. The van der Waals surface area contributed by atoms with E-state index in [0.29, 0.717) is 13.0 Å². The standard InChI is InChI=1S/C10H13NO4/c12-9(13)5-4-8-15-10(14)11-6-2-1-3-7-11/h1-3,6H,4-5,7-8H2,(H,12,13). The van der Waals surface area contributed by atoms with Gasteiger partial charge in [0.05, 0.1) is 6.61 Å². The monoisotopic (exact) mass is 211 g/mol. The molecule has 0 aromatic rings. The zero-order chi connectivity index (χ0) is 11.1. The Morgan fingerprint density at radius 3 is 2.80 bits per heavy atom. The van der Waals surface area contributed by atoms with Gasteiger partial charge in [0.15, 0.2) is 0 Å². The molecule has 0 radical (unpaired) electrons. The molecule has 5 nitrogen and oxygen atoms in total. The maximum atomic E-state index is 11.3. The fraction of sp³-hybridized carbons (Fsp3) is 0.400. The highest BCUT2D eigenvalue weighted by Gasteiger charge is 2.11. The minimum atomic E-state index is -0.883. The maximum Gasteiger partial charge on any atom is 0.414 e. The molecule has 0 spiro atoms. The first-order chi connectivity index (χ1) is 7.20. The summed E-state index contributed by atoms with van der Waals surface area (Å²) in [4.78, 5) is 22.9. The van der Waals surface area contributed by atoms with Gasteiger partial charge < -0.3 is 9.84 Å². The number of nitrogens with zero attached hydrogens (tertiary/aromatic N) is 1. The minimum absolute atomic E-state index is 0.0169. The Morgan fingerprint density at radius 1 is 1.40 bits per heavy atom. The van der Waals surface area contributed by atoms with Crippen LogP contribution in [0.25, 0.3) is 0 Å². The van der Waals surface area contributed by atoms with Gasteiger partial charge in [0.1, 0.15) is 0 Å². The number of carbonyl (C=O) groups is 2. The topological polar surface area (TPSA) is 66.8 Å². The van der Waals surface area contributed by atoms with Gasteiger partial charge in [-0.05, 0) is 12.5 Å². The molecule has 0 unspecified atom stereocenters. The number of aliphatic carboxylic acids is 1. The van der Waals surface area contributed by atoms with E-state index >= 15 is 0 Å². The number of amides is 1. The van der Waals surface area contributed by atoms with Gasteiger partial charge in [-0.1, -0.05) is 12.2 Å². The lowest BCUT2D eigenvalue weighted by atomic mass is 10.3. The molecule has 15 heavy (non-hydrogen) atoms. The van der Waals surface area contributed by atoms with Crippen LogP contribution in [0.5, 0.6) is 0 Å². The van der Waals surface area contributed by atoms with Crippen LogP contribution < -0.4 is 0 Å². The van der Waals surface area contributed by atoms with Gasteiger partial charge in [-0.3, -0.25) is 9.69 Å². The maximum absolute atomic E-state index is 11.3. The number of hydrogen-bond acceptors (Lipinski definition) is 3. The number of rotatable bonds is 4. The first-order valence-electron chi connectivity index (χ1n) is 4.68. The summed E-state index contributed by atoms with van der Waals surface area (Å²) in [5, 5.41) is 8.36. The van der Waals surface area contributed by atoms with Crippen molar-refractivity contribution in [2.45, 2.75) is 12.8 Å². The number of carboxylic acid groups (broad SMARTS) is 1. The number of carboxylic acids is 1. The van der Waals surface area contributed by atoms with Crippen molar-refractivity contribution in [3.8, 4) is 0 Å². The van der Waals surface area contributed by atoms with Gasteiger partial charge in [-0.2, -0.15) is 0 Å². The van der Waals surface area contributed by atoms with Gasteiger partial charge in [0.25, 0.3) is 0 Å². The van der Waals surface area contributed by atoms with Crippen molar-refractivity contribution in [2.75, 3.05) is 13.2 Å². The summed E-state index contributed by atoms with van der Waals surface area (Å²) in [6.07, 6.45) is 6.95. The van der Waals surface area contributed by atoms with Crippen molar-refractivity contribution >= 4 is 12.1 Å². The van der Waals surface area contributed by atoms with E-state index in [1.54, 1.807) is 12.3 Å². The number of carbonyl (C=O) groups excluding carboxylic acids is 1. The molecular weight excluding hydrogens is 198 g/mol. The summed E-state index contributed by atoms with van der Waals surface area (Å²) in [6, 6.07) is 0. The Labute approximate surface area is 87.6 Å². The molecular formula is C10H13NO4. The summed E-state index contributed by atoms with van der Waals surface area (Å²) in [6.45, 7) is 0.632. The van der Waals surface area contributed by atoms with Gasteiger partial charge >= 0.3 is 12.1 Å². The van der Waals surface area contributed by atoms with Crippen LogP contribution in [0.15, 0.2) is 24.4 Å². The summed E-state index contributed by atoms with van der Waals surface area (Å²) in [7, 11) is 0. The molecule has 0 atom stereocenters.